The number of hydrogen-bond donors (Lipinski definition) is 0. The number of pyridine rings is 1. The van der Waals surface area contributed by atoms with E-state index in [-0.39, 0.29) is 5.69 Å². The predicted octanol–water partition coefficient (Wildman–Crippen LogP) is 1.26. The monoisotopic (exact) mass is 281 g/mol. The molecule has 0 atom stereocenters. The summed E-state index contributed by atoms with van der Waals surface area (Å²) in [4.78, 5) is 21.9. The van der Waals surface area contributed by atoms with Crippen LogP contribution in [-0.2, 0) is 4.84 Å². The van der Waals surface area contributed by atoms with Crippen LogP contribution in [0.5, 0.6) is 0 Å². The van der Waals surface area contributed by atoms with Crippen molar-refractivity contribution in [1.29, 1.82) is 0 Å². The van der Waals surface area contributed by atoms with Crippen LogP contribution < -0.4 is 0 Å². The van der Waals surface area contributed by atoms with Gasteiger partial charge in [-0.05, 0) is 18.6 Å². The molecule has 2 aromatic heterocycles. The van der Waals surface area contributed by atoms with E-state index in [1.54, 1.807) is 12.3 Å². The Bertz CT molecular complexity index is 613. The Morgan fingerprint density at radius 2 is 2.21 bits per heavy atom. The van der Waals surface area contributed by atoms with Gasteiger partial charge in [-0.3, -0.25) is 9.63 Å². The van der Waals surface area contributed by atoms with Crippen molar-refractivity contribution < 1.29 is 9.63 Å². The Kier molecular flexibility index (Phi) is 3.77. The molecule has 0 aliphatic heterocycles. The van der Waals surface area contributed by atoms with Crippen LogP contribution in [0.3, 0.4) is 0 Å². The predicted molar refractivity (Wildman–Crippen MR) is 68.0 cm³/mol. The third-order valence-electron chi connectivity index (χ3n) is 2.42. The Morgan fingerprint density at radius 3 is 2.84 bits per heavy atom. The van der Waals surface area contributed by atoms with E-state index in [0.29, 0.717) is 10.8 Å². The Balaban J connectivity index is 2.33. The topological polar surface area (TPSA) is 73.1 Å². The number of aryl methyl sites for hydroxylation is 1. The zero-order chi connectivity index (χ0) is 14.0. The third-order valence-corrected chi connectivity index (χ3v) is 2.70. The van der Waals surface area contributed by atoms with E-state index in [1.807, 2.05) is 6.92 Å². The number of rotatable bonds is 3. The van der Waals surface area contributed by atoms with E-state index in [0.717, 1.165) is 10.6 Å². The van der Waals surface area contributed by atoms with Crippen molar-refractivity contribution in [2.24, 2.45) is 0 Å². The lowest BCUT2D eigenvalue weighted by Crippen LogP contribution is -2.25. The maximum absolute atomic E-state index is 11.8. The SMILES string of the molecule is CON(C)C(=O)c1cnn(-c2ncc(C)cc2Cl)n1. The van der Waals surface area contributed by atoms with Crippen molar-refractivity contribution in [3.8, 4) is 5.82 Å². The van der Waals surface area contributed by atoms with Crippen LogP contribution in [0, 0.1) is 6.92 Å². The normalized spacial score (nSPS) is 10.5. The third kappa shape index (κ3) is 2.72. The molecule has 0 aromatic carbocycles. The number of carbonyl (C=O) groups excluding carboxylic acids is 1. The summed E-state index contributed by atoms with van der Waals surface area (Å²) in [6, 6.07) is 1.75. The minimum absolute atomic E-state index is 0.141. The summed E-state index contributed by atoms with van der Waals surface area (Å²) in [5, 5.41) is 9.46. The van der Waals surface area contributed by atoms with Gasteiger partial charge in [-0.1, -0.05) is 11.6 Å². The van der Waals surface area contributed by atoms with Crippen LogP contribution >= 0.6 is 11.6 Å². The van der Waals surface area contributed by atoms with Gasteiger partial charge < -0.3 is 0 Å². The van der Waals surface area contributed by atoms with Gasteiger partial charge in [0.25, 0.3) is 5.91 Å². The number of hydrogen-bond acceptors (Lipinski definition) is 5. The van der Waals surface area contributed by atoms with Gasteiger partial charge in [0, 0.05) is 13.2 Å². The minimum atomic E-state index is -0.406. The van der Waals surface area contributed by atoms with Gasteiger partial charge in [-0.2, -0.15) is 5.10 Å². The number of halogens is 1. The summed E-state index contributed by atoms with van der Waals surface area (Å²) in [5.41, 5.74) is 1.07. The van der Waals surface area contributed by atoms with Crippen LogP contribution in [0.1, 0.15) is 16.1 Å². The molecule has 0 bridgehead atoms. The fourth-order valence-electron chi connectivity index (χ4n) is 1.38. The summed E-state index contributed by atoms with van der Waals surface area (Å²) >= 11 is 6.06. The van der Waals surface area contributed by atoms with Gasteiger partial charge in [-0.15, -0.1) is 9.90 Å². The lowest BCUT2D eigenvalue weighted by atomic mass is 10.3. The molecule has 8 heteroatoms. The van der Waals surface area contributed by atoms with Gasteiger partial charge in [0.05, 0.1) is 18.3 Å². The molecule has 1 amide bonds. The second-order valence-electron chi connectivity index (χ2n) is 3.82. The van der Waals surface area contributed by atoms with Crippen LogP contribution in [0.15, 0.2) is 18.5 Å². The molecule has 0 spiro atoms. The van der Waals surface area contributed by atoms with Gasteiger partial charge in [0.2, 0.25) is 0 Å². The van der Waals surface area contributed by atoms with E-state index >= 15 is 0 Å². The van der Waals surface area contributed by atoms with Gasteiger partial charge in [0.1, 0.15) is 0 Å². The highest BCUT2D eigenvalue weighted by Gasteiger charge is 2.17. The van der Waals surface area contributed by atoms with E-state index in [2.05, 4.69) is 15.2 Å². The van der Waals surface area contributed by atoms with E-state index in [9.17, 15) is 4.79 Å². The van der Waals surface area contributed by atoms with Crippen molar-refractivity contribution in [2.75, 3.05) is 14.2 Å². The van der Waals surface area contributed by atoms with Crippen LogP contribution in [-0.4, -0.2) is 45.1 Å². The van der Waals surface area contributed by atoms with Crippen LogP contribution in [0.2, 0.25) is 5.02 Å². The maximum Gasteiger partial charge on any atom is 0.299 e. The highest BCUT2D eigenvalue weighted by atomic mass is 35.5. The van der Waals surface area contributed by atoms with E-state index < -0.39 is 5.91 Å². The van der Waals surface area contributed by atoms with Gasteiger partial charge >= 0.3 is 0 Å². The van der Waals surface area contributed by atoms with Crippen molar-refractivity contribution in [1.82, 2.24) is 25.0 Å². The van der Waals surface area contributed by atoms with Crippen LogP contribution in [0.4, 0.5) is 0 Å². The fourth-order valence-corrected chi connectivity index (χ4v) is 1.68. The van der Waals surface area contributed by atoms with Crippen molar-refractivity contribution in [3.05, 3.63) is 34.7 Å². The molecular weight excluding hydrogens is 270 g/mol. The van der Waals surface area contributed by atoms with Crippen molar-refractivity contribution in [2.45, 2.75) is 6.92 Å². The Labute approximate surface area is 114 Å². The first-order valence-electron chi connectivity index (χ1n) is 5.40. The quantitative estimate of drug-likeness (QED) is 0.792. The smallest absolute Gasteiger partial charge is 0.274 e. The summed E-state index contributed by atoms with van der Waals surface area (Å²) in [6.45, 7) is 1.88. The molecule has 0 aliphatic carbocycles. The average Bonchev–Trinajstić information content (AvgIpc) is 2.86. The molecule has 0 unspecified atom stereocenters. The van der Waals surface area contributed by atoms with Gasteiger partial charge in [0.15, 0.2) is 11.5 Å². The first-order chi connectivity index (χ1) is 9.02. The summed E-state index contributed by atoms with van der Waals surface area (Å²) < 4.78 is 0. The molecule has 2 rings (SSSR count). The molecule has 0 saturated heterocycles. The second kappa shape index (κ2) is 5.33. The van der Waals surface area contributed by atoms with Crippen LogP contribution in [0.25, 0.3) is 5.82 Å². The molecule has 0 aliphatic rings. The average molecular weight is 282 g/mol. The number of amides is 1. The Morgan fingerprint density at radius 1 is 1.47 bits per heavy atom. The summed E-state index contributed by atoms with van der Waals surface area (Å²) in [6.07, 6.45) is 2.98. The second-order valence-corrected chi connectivity index (χ2v) is 4.23. The minimum Gasteiger partial charge on any atom is -0.274 e. The number of nitrogens with zero attached hydrogens (tertiary/aromatic N) is 5. The zero-order valence-electron chi connectivity index (χ0n) is 10.7. The number of carbonyl (C=O) groups is 1. The number of hydroxylamine groups is 2. The van der Waals surface area contributed by atoms with Gasteiger partial charge in [-0.25, -0.2) is 10.0 Å². The first-order valence-corrected chi connectivity index (χ1v) is 5.77. The summed E-state index contributed by atoms with van der Waals surface area (Å²) in [7, 11) is 2.87. The molecule has 0 saturated carbocycles. The molecule has 0 radical (unpaired) electrons. The molecule has 100 valence electrons. The molecule has 0 fully saturated rings. The lowest BCUT2D eigenvalue weighted by Gasteiger charge is -2.10. The number of aromatic nitrogens is 4. The fraction of sp³-hybridized carbons (Fsp3) is 0.273. The molecule has 2 aromatic rings. The van der Waals surface area contributed by atoms with E-state index in [4.69, 9.17) is 16.4 Å². The van der Waals surface area contributed by atoms with Crippen molar-refractivity contribution in [3.63, 3.8) is 0 Å². The highest BCUT2D eigenvalue weighted by molar-refractivity contribution is 6.32. The summed E-state index contributed by atoms with van der Waals surface area (Å²) in [5.74, 6) is -0.0385. The van der Waals surface area contributed by atoms with Crippen molar-refractivity contribution >= 4 is 17.5 Å². The highest BCUT2D eigenvalue weighted by Crippen LogP contribution is 2.17. The largest absolute Gasteiger partial charge is 0.299 e. The zero-order valence-corrected chi connectivity index (χ0v) is 11.4. The molecule has 19 heavy (non-hydrogen) atoms. The molecular formula is C11H12ClN5O2. The lowest BCUT2D eigenvalue weighted by molar-refractivity contribution is -0.0760. The van der Waals surface area contributed by atoms with E-state index in [1.165, 1.54) is 25.2 Å². The standard InChI is InChI=1S/C11H12ClN5O2/c1-7-4-8(12)10(13-5-7)17-14-6-9(15-17)11(18)16(2)19-3/h4-6H,1-3H3. The Hall–Kier alpha value is -1.99. The first kappa shape index (κ1) is 13.4. The molecule has 7 nitrogen and oxygen atoms in total. The molecule has 0 N–H and O–H groups in total. The maximum atomic E-state index is 11.8. The molecule has 2 heterocycles.